The Kier molecular flexibility index (Phi) is 1.54. The fourth-order valence-corrected chi connectivity index (χ4v) is 1.44. The van der Waals surface area contributed by atoms with E-state index < -0.39 is 0 Å². The molecule has 0 aromatic heterocycles. The van der Waals surface area contributed by atoms with E-state index in [0.717, 1.165) is 11.3 Å². The first-order valence-corrected chi connectivity index (χ1v) is 3.94. The summed E-state index contributed by atoms with van der Waals surface area (Å²) < 4.78 is 5.25. The minimum atomic E-state index is 0.637. The van der Waals surface area contributed by atoms with Gasteiger partial charge in [0.25, 0.3) is 0 Å². The predicted octanol–water partition coefficient (Wildman–Crippen LogP) is 2.16. The Labute approximate surface area is 71.6 Å². The number of nitrogens with two attached hydrogens (primary N) is 1. The van der Waals surface area contributed by atoms with Crippen molar-refractivity contribution in [3.05, 3.63) is 35.6 Å². The van der Waals surface area contributed by atoms with Crippen molar-refractivity contribution in [1.82, 2.24) is 0 Å². The molecule has 2 N–H and O–H groups in total. The van der Waals surface area contributed by atoms with Gasteiger partial charge in [0.2, 0.25) is 0 Å². The van der Waals surface area contributed by atoms with Gasteiger partial charge >= 0.3 is 0 Å². The summed E-state index contributed by atoms with van der Waals surface area (Å²) in [4.78, 5) is 0. The Bertz CT molecular complexity index is 342. The molecule has 0 saturated carbocycles. The number of allylic oxidation sites excluding steroid dienone is 1. The zero-order valence-electron chi connectivity index (χ0n) is 7.00. The summed E-state index contributed by atoms with van der Waals surface area (Å²) >= 11 is 0. The summed E-state index contributed by atoms with van der Waals surface area (Å²) in [5.41, 5.74) is 10.0. The number of rotatable bonds is 0. The van der Waals surface area contributed by atoms with E-state index in [1.54, 1.807) is 6.26 Å². The van der Waals surface area contributed by atoms with Gasteiger partial charge in [-0.2, -0.15) is 0 Å². The van der Waals surface area contributed by atoms with Crippen LogP contribution in [0.5, 0.6) is 0 Å². The summed E-state index contributed by atoms with van der Waals surface area (Å²) in [5.74, 6) is 0. The van der Waals surface area contributed by atoms with E-state index in [0.29, 0.717) is 6.61 Å². The number of hydrogen-bond acceptors (Lipinski definition) is 2. The van der Waals surface area contributed by atoms with E-state index in [1.165, 1.54) is 11.1 Å². The third kappa shape index (κ3) is 1.05. The molecule has 2 rings (SSSR count). The molecule has 1 heterocycles. The topological polar surface area (TPSA) is 35.2 Å². The Balaban J connectivity index is 2.56. The number of fused-ring (bicyclic) bond motifs is 1. The van der Waals surface area contributed by atoms with Crippen molar-refractivity contribution in [3.63, 3.8) is 0 Å². The average molecular weight is 161 g/mol. The van der Waals surface area contributed by atoms with Gasteiger partial charge < -0.3 is 10.5 Å². The molecule has 0 aliphatic carbocycles. The first-order chi connectivity index (χ1) is 5.77. The smallest absolute Gasteiger partial charge is 0.113 e. The minimum absolute atomic E-state index is 0.637. The van der Waals surface area contributed by atoms with E-state index in [9.17, 15) is 0 Å². The number of benzene rings is 1. The molecule has 12 heavy (non-hydrogen) atoms. The first-order valence-electron chi connectivity index (χ1n) is 3.94. The third-order valence-electron chi connectivity index (χ3n) is 2.05. The maximum Gasteiger partial charge on any atom is 0.113 e. The first kappa shape index (κ1) is 7.22. The molecule has 2 nitrogen and oxygen atoms in total. The highest BCUT2D eigenvalue weighted by Crippen LogP contribution is 2.25. The van der Waals surface area contributed by atoms with Crippen LogP contribution in [0.2, 0.25) is 0 Å². The number of anilines is 1. The number of nitrogen functional groups attached to an aromatic ring is 1. The van der Waals surface area contributed by atoms with Gasteiger partial charge in [-0.1, -0.05) is 6.07 Å². The van der Waals surface area contributed by atoms with E-state index in [-0.39, 0.29) is 0 Å². The zero-order chi connectivity index (χ0) is 8.55. The lowest BCUT2D eigenvalue weighted by Gasteiger charge is -2.15. The lowest BCUT2D eigenvalue weighted by atomic mass is 10.0. The maximum absolute atomic E-state index is 5.65. The predicted molar refractivity (Wildman–Crippen MR) is 49.3 cm³/mol. The molecule has 1 aliphatic heterocycles. The van der Waals surface area contributed by atoms with Crippen LogP contribution in [-0.2, 0) is 11.3 Å². The maximum atomic E-state index is 5.65. The van der Waals surface area contributed by atoms with E-state index >= 15 is 0 Å². The highest BCUT2D eigenvalue weighted by atomic mass is 16.5. The second kappa shape index (κ2) is 2.55. The molecule has 0 saturated heterocycles. The largest absolute Gasteiger partial charge is 0.496 e. The molecular formula is C10H11NO. The van der Waals surface area contributed by atoms with Crippen LogP contribution < -0.4 is 5.73 Å². The van der Waals surface area contributed by atoms with Crippen molar-refractivity contribution in [2.24, 2.45) is 0 Å². The lowest BCUT2D eigenvalue weighted by molar-refractivity contribution is 0.232. The van der Waals surface area contributed by atoms with Crippen LogP contribution in [0.1, 0.15) is 18.1 Å². The highest BCUT2D eigenvalue weighted by Gasteiger charge is 2.09. The Hall–Kier alpha value is -1.44. The van der Waals surface area contributed by atoms with Crippen molar-refractivity contribution in [2.45, 2.75) is 13.5 Å². The molecule has 0 unspecified atom stereocenters. The van der Waals surface area contributed by atoms with Crippen LogP contribution in [0.3, 0.4) is 0 Å². The van der Waals surface area contributed by atoms with E-state index in [1.807, 2.05) is 25.1 Å². The molecule has 0 radical (unpaired) electrons. The van der Waals surface area contributed by atoms with Crippen molar-refractivity contribution >= 4 is 11.3 Å². The van der Waals surface area contributed by atoms with Crippen LogP contribution >= 0.6 is 0 Å². The highest BCUT2D eigenvalue weighted by molar-refractivity contribution is 5.68. The van der Waals surface area contributed by atoms with Gasteiger partial charge in [-0.3, -0.25) is 0 Å². The molecule has 0 bridgehead atoms. The minimum Gasteiger partial charge on any atom is -0.496 e. The SMILES string of the molecule is CC1=COCc2cc(N)ccc21. The zero-order valence-corrected chi connectivity index (χ0v) is 7.00. The summed E-state index contributed by atoms with van der Waals surface area (Å²) in [5, 5.41) is 0. The van der Waals surface area contributed by atoms with Crippen molar-refractivity contribution < 1.29 is 4.74 Å². The van der Waals surface area contributed by atoms with Gasteiger partial charge in [0.05, 0.1) is 6.26 Å². The fourth-order valence-electron chi connectivity index (χ4n) is 1.44. The van der Waals surface area contributed by atoms with Crippen LogP contribution in [0.25, 0.3) is 5.57 Å². The third-order valence-corrected chi connectivity index (χ3v) is 2.05. The lowest BCUT2D eigenvalue weighted by Crippen LogP contribution is -2.00. The van der Waals surface area contributed by atoms with Crippen molar-refractivity contribution in [3.8, 4) is 0 Å². The van der Waals surface area contributed by atoms with Gasteiger partial charge in [-0.05, 0) is 35.8 Å². The van der Waals surface area contributed by atoms with Gasteiger partial charge in [-0.25, -0.2) is 0 Å². The van der Waals surface area contributed by atoms with Crippen LogP contribution in [0.15, 0.2) is 24.5 Å². The second-order valence-corrected chi connectivity index (χ2v) is 3.03. The Morgan fingerprint density at radius 1 is 1.42 bits per heavy atom. The molecule has 0 fully saturated rings. The number of hydrogen-bond donors (Lipinski definition) is 1. The van der Waals surface area contributed by atoms with Gasteiger partial charge in [0, 0.05) is 5.69 Å². The molecule has 1 aromatic rings. The van der Waals surface area contributed by atoms with Gasteiger partial charge in [0.1, 0.15) is 6.61 Å². The molecule has 0 atom stereocenters. The molecule has 62 valence electrons. The molecule has 0 spiro atoms. The quantitative estimate of drug-likeness (QED) is 0.592. The summed E-state index contributed by atoms with van der Waals surface area (Å²) in [6, 6.07) is 5.92. The Morgan fingerprint density at radius 3 is 3.08 bits per heavy atom. The van der Waals surface area contributed by atoms with Gasteiger partial charge in [-0.15, -0.1) is 0 Å². The molecule has 1 aromatic carbocycles. The normalized spacial score (nSPS) is 14.6. The van der Waals surface area contributed by atoms with Crippen molar-refractivity contribution in [2.75, 3.05) is 5.73 Å². The van der Waals surface area contributed by atoms with E-state index in [2.05, 4.69) is 0 Å². The molecular weight excluding hydrogens is 150 g/mol. The summed E-state index contributed by atoms with van der Waals surface area (Å²) in [7, 11) is 0. The number of ether oxygens (including phenoxy) is 1. The molecule has 0 amide bonds. The van der Waals surface area contributed by atoms with Crippen LogP contribution in [0, 0.1) is 0 Å². The van der Waals surface area contributed by atoms with E-state index in [4.69, 9.17) is 10.5 Å². The molecule has 1 aliphatic rings. The summed E-state index contributed by atoms with van der Waals surface area (Å²) in [6.07, 6.45) is 1.79. The van der Waals surface area contributed by atoms with Gasteiger partial charge in [0.15, 0.2) is 0 Å². The summed E-state index contributed by atoms with van der Waals surface area (Å²) in [6.45, 7) is 2.67. The standard InChI is InChI=1S/C10H11NO/c1-7-5-12-6-8-4-9(11)2-3-10(7)8/h2-5H,6,11H2,1H3. The monoisotopic (exact) mass is 161 g/mol. The van der Waals surface area contributed by atoms with Crippen LogP contribution in [-0.4, -0.2) is 0 Å². The van der Waals surface area contributed by atoms with Crippen molar-refractivity contribution in [1.29, 1.82) is 0 Å². The molecule has 2 heteroatoms. The average Bonchev–Trinajstić information content (AvgIpc) is 2.04. The van der Waals surface area contributed by atoms with Crippen LogP contribution in [0.4, 0.5) is 5.69 Å². The second-order valence-electron chi connectivity index (χ2n) is 3.03. The fraction of sp³-hybridized carbons (Fsp3) is 0.200. The Morgan fingerprint density at radius 2 is 2.25 bits per heavy atom.